The number of unbranched alkanes of at least 4 members (excludes halogenated alkanes) is 18. The van der Waals surface area contributed by atoms with E-state index in [1.165, 1.54) is 133 Å². The normalized spacial score (nSPS) is 11.8. The third kappa shape index (κ3) is 20.6. The zero-order chi connectivity index (χ0) is 20.7. The average molecular weight is 397 g/mol. The molecule has 0 aromatic rings. The van der Waals surface area contributed by atoms with Crippen LogP contribution in [0.15, 0.2) is 0 Å². The van der Waals surface area contributed by atoms with Gasteiger partial charge in [-0.05, 0) is 25.9 Å². The topological polar surface area (TPSA) is 26.3 Å². The van der Waals surface area contributed by atoms with Crippen LogP contribution in [-0.2, 0) is 0 Å². The van der Waals surface area contributed by atoms with Crippen molar-refractivity contribution in [1.29, 1.82) is 0 Å². The monoisotopic (exact) mass is 396 g/mol. The maximum Gasteiger partial charge on any atom is -0.00282 e. The number of hydrogen-bond acceptors (Lipinski definition) is 2. The Hall–Kier alpha value is -0.0800. The fraction of sp³-hybridized carbons (Fsp3) is 1.00. The van der Waals surface area contributed by atoms with Gasteiger partial charge in [0.2, 0.25) is 0 Å². The summed E-state index contributed by atoms with van der Waals surface area (Å²) in [6.07, 6.45) is 29.7. The van der Waals surface area contributed by atoms with E-state index in [9.17, 15) is 5.21 Å². The van der Waals surface area contributed by atoms with Crippen molar-refractivity contribution in [2.24, 2.45) is 0 Å². The minimum atomic E-state index is 0.267. The fourth-order valence-electron chi connectivity index (χ4n) is 4.24. The van der Waals surface area contributed by atoms with E-state index in [2.05, 4.69) is 13.8 Å². The van der Waals surface area contributed by atoms with Crippen molar-refractivity contribution in [1.82, 2.24) is 5.06 Å². The summed E-state index contributed by atoms with van der Waals surface area (Å²) >= 11 is 0. The second-order valence-electron chi connectivity index (χ2n) is 9.14. The third-order valence-corrected chi connectivity index (χ3v) is 6.30. The van der Waals surface area contributed by atoms with Crippen LogP contribution in [0.1, 0.15) is 155 Å². The Labute approximate surface area is 178 Å². The average Bonchev–Trinajstić information content (AvgIpc) is 2.68. The first-order valence-corrected chi connectivity index (χ1v) is 13.1. The van der Waals surface area contributed by atoms with Gasteiger partial charge < -0.3 is 10.3 Å². The Morgan fingerprint density at radius 3 is 0.964 bits per heavy atom. The van der Waals surface area contributed by atoms with Crippen LogP contribution in [0.25, 0.3) is 0 Å². The van der Waals surface area contributed by atoms with Crippen LogP contribution in [0, 0.1) is 5.21 Å². The van der Waals surface area contributed by atoms with E-state index in [4.69, 9.17) is 0 Å². The van der Waals surface area contributed by atoms with E-state index in [1.807, 2.05) is 0 Å². The number of nitrogens with zero attached hydrogens (tertiary/aromatic N) is 1. The lowest BCUT2D eigenvalue weighted by Gasteiger charge is -2.33. The second-order valence-corrected chi connectivity index (χ2v) is 9.14. The van der Waals surface area contributed by atoms with Crippen LogP contribution >= 0.6 is 0 Å². The van der Waals surface area contributed by atoms with Gasteiger partial charge in [0.15, 0.2) is 0 Å². The zero-order valence-electron chi connectivity index (χ0n) is 20.0. The van der Waals surface area contributed by atoms with Crippen LogP contribution in [-0.4, -0.2) is 18.2 Å². The molecule has 0 aromatic carbocycles. The maximum atomic E-state index is 11.8. The Morgan fingerprint density at radius 1 is 0.464 bits per heavy atom. The quantitative estimate of drug-likeness (QED) is 0.127. The Bertz CT molecular complexity index is 256. The van der Waals surface area contributed by atoms with Crippen molar-refractivity contribution >= 4 is 0 Å². The van der Waals surface area contributed by atoms with E-state index in [0.29, 0.717) is 0 Å². The van der Waals surface area contributed by atoms with Gasteiger partial charge in [-0.3, -0.25) is 0 Å². The van der Waals surface area contributed by atoms with Crippen LogP contribution in [0.5, 0.6) is 0 Å². The lowest BCUT2D eigenvalue weighted by Crippen LogP contribution is -2.26. The molecule has 0 spiro atoms. The largest absolute Gasteiger partial charge is 0.785 e. The van der Waals surface area contributed by atoms with Crippen molar-refractivity contribution in [2.75, 3.05) is 7.05 Å². The van der Waals surface area contributed by atoms with Gasteiger partial charge in [0, 0.05) is 0 Å². The smallest absolute Gasteiger partial charge is 0.00282 e. The number of hydrogen-bond donors (Lipinski definition) is 0. The number of hydroxylamine groups is 2. The molecule has 2 heteroatoms. The second kappa shape index (κ2) is 23.2. The van der Waals surface area contributed by atoms with E-state index < -0.39 is 0 Å². The van der Waals surface area contributed by atoms with Crippen molar-refractivity contribution in [3.8, 4) is 0 Å². The zero-order valence-corrected chi connectivity index (χ0v) is 20.0. The van der Waals surface area contributed by atoms with Gasteiger partial charge in [-0.1, -0.05) is 142 Å². The Kier molecular flexibility index (Phi) is 23.1. The van der Waals surface area contributed by atoms with Crippen LogP contribution in [0.3, 0.4) is 0 Å². The summed E-state index contributed by atoms with van der Waals surface area (Å²) in [4.78, 5) is 0. The molecule has 0 saturated heterocycles. The molecule has 0 heterocycles. The van der Waals surface area contributed by atoms with Gasteiger partial charge in [-0.2, -0.15) is 0 Å². The van der Waals surface area contributed by atoms with Crippen molar-refractivity contribution < 1.29 is 0 Å². The Balaban J connectivity index is 3.44. The predicted molar refractivity (Wildman–Crippen MR) is 128 cm³/mol. The molecule has 0 atom stereocenters. The first-order chi connectivity index (χ1) is 13.7. The van der Waals surface area contributed by atoms with E-state index in [-0.39, 0.29) is 6.04 Å². The minimum absolute atomic E-state index is 0.267. The van der Waals surface area contributed by atoms with E-state index in [1.54, 1.807) is 7.05 Å². The molecule has 0 bridgehead atoms. The molecule has 0 aliphatic rings. The highest BCUT2D eigenvalue weighted by molar-refractivity contribution is 4.69. The van der Waals surface area contributed by atoms with E-state index >= 15 is 0 Å². The SMILES string of the molecule is CCCCCCCCCCCCC(CCCCCCCCCCCC)N(C)[O-]. The molecule has 0 aliphatic heterocycles. The molecular weight excluding hydrogens is 342 g/mol. The minimum Gasteiger partial charge on any atom is -0.785 e. The molecule has 0 saturated carbocycles. The summed E-state index contributed by atoms with van der Waals surface area (Å²) in [7, 11) is 1.73. The first kappa shape index (κ1) is 27.9. The molecule has 0 fully saturated rings. The third-order valence-electron chi connectivity index (χ3n) is 6.30. The predicted octanol–water partition coefficient (Wildman–Crippen LogP) is 9.41. The molecule has 0 N–H and O–H groups in total. The molecule has 28 heavy (non-hydrogen) atoms. The lowest BCUT2D eigenvalue weighted by molar-refractivity contribution is 0.280. The fourth-order valence-corrected chi connectivity index (χ4v) is 4.24. The molecule has 0 amide bonds. The van der Waals surface area contributed by atoms with Gasteiger partial charge in [0.25, 0.3) is 0 Å². The maximum absolute atomic E-state index is 11.8. The number of rotatable bonds is 23. The summed E-state index contributed by atoms with van der Waals surface area (Å²) in [5, 5.41) is 13.1. The summed E-state index contributed by atoms with van der Waals surface area (Å²) in [6.45, 7) is 4.56. The van der Waals surface area contributed by atoms with Crippen LogP contribution in [0.2, 0.25) is 0 Å². The lowest BCUT2D eigenvalue weighted by atomic mass is 9.99. The van der Waals surface area contributed by atoms with Gasteiger partial charge in [0.05, 0.1) is 0 Å². The molecule has 0 aromatic heterocycles. The van der Waals surface area contributed by atoms with Gasteiger partial charge >= 0.3 is 0 Å². The Morgan fingerprint density at radius 2 is 0.714 bits per heavy atom. The summed E-state index contributed by atoms with van der Waals surface area (Å²) in [5.74, 6) is 0. The summed E-state index contributed by atoms with van der Waals surface area (Å²) < 4.78 is 0. The van der Waals surface area contributed by atoms with Crippen molar-refractivity contribution in [2.45, 2.75) is 161 Å². The molecule has 2 nitrogen and oxygen atoms in total. The first-order valence-electron chi connectivity index (χ1n) is 13.1. The van der Waals surface area contributed by atoms with Crippen LogP contribution < -0.4 is 0 Å². The molecule has 0 radical (unpaired) electrons. The van der Waals surface area contributed by atoms with Gasteiger partial charge in [-0.25, -0.2) is 0 Å². The highest BCUT2D eigenvalue weighted by atomic mass is 16.5. The van der Waals surface area contributed by atoms with Crippen LogP contribution in [0.4, 0.5) is 0 Å². The molecule has 0 aliphatic carbocycles. The highest BCUT2D eigenvalue weighted by Crippen LogP contribution is 2.18. The summed E-state index contributed by atoms with van der Waals surface area (Å²) in [5.41, 5.74) is 0. The molecular formula is C26H54NO-. The van der Waals surface area contributed by atoms with Crippen molar-refractivity contribution in [3.05, 3.63) is 5.21 Å². The highest BCUT2D eigenvalue weighted by Gasteiger charge is 2.07. The van der Waals surface area contributed by atoms with Gasteiger partial charge in [0.1, 0.15) is 0 Å². The van der Waals surface area contributed by atoms with Gasteiger partial charge in [-0.15, -0.1) is 0 Å². The molecule has 0 rings (SSSR count). The molecule has 0 unspecified atom stereocenters. The molecule has 170 valence electrons. The van der Waals surface area contributed by atoms with E-state index in [0.717, 1.165) is 12.8 Å². The van der Waals surface area contributed by atoms with Crippen molar-refractivity contribution in [3.63, 3.8) is 0 Å². The standard InChI is InChI=1S/C26H54NO/c1-4-6-8-10-12-14-16-18-20-22-24-26(27(3)28)25-23-21-19-17-15-13-11-9-7-5-2/h26H,4-25H2,1-3H3/q-1. The summed E-state index contributed by atoms with van der Waals surface area (Å²) in [6, 6.07) is 0.267.